The van der Waals surface area contributed by atoms with Crippen LogP contribution in [0.1, 0.15) is 24.1 Å². The number of nitrogens with one attached hydrogen (secondary N) is 1. The molecule has 0 amide bonds. The van der Waals surface area contributed by atoms with Crippen LogP contribution in [0.3, 0.4) is 0 Å². The van der Waals surface area contributed by atoms with Gasteiger partial charge in [-0.1, -0.05) is 0 Å². The third-order valence-corrected chi connectivity index (χ3v) is 6.66. The lowest BCUT2D eigenvalue weighted by Gasteiger charge is -2.22. The maximum atomic E-state index is 9.44. The zero-order valence-electron chi connectivity index (χ0n) is 14.0. The summed E-state index contributed by atoms with van der Waals surface area (Å²) in [5.41, 5.74) is 3.38. The molecule has 24 heavy (non-hydrogen) atoms. The van der Waals surface area contributed by atoms with Crippen molar-refractivity contribution in [1.82, 2.24) is 14.8 Å². The Morgan fingerprint density at radius 2 is 2.12 bits per heavy atom. The van der Waals surface area contributed by atoms with Crippen LogP contribution >= 0.6 is 23.1 Å². The maximum Gasteiger partial charge on any atom is 0.166 e. The van der Waals surface area contributed by atoms with E-state index in [0.29, 0.717) is 12.6 Å². The molecule has 2 N–H and O–H groups in total. The van der Waals surface area contributed by atoms with Crippen molar-refractivity contribution >= 4 is 49.3 Å². The van der Waals surface area contributed by atoms with E-state index in [1.54, 1.807) is 11.3 Å². The maximum absolute atomic E-state index is 9.44. The Kier molecular flexibility index (Phi) is 4.40. The van der Waals surface area contributed by atoms with Gasteiger partial charge in [0.15, 0.2) is 5.82 Å². The van der Waals surface area contributed by atoms with Gasteiger partial charge in [0.25, 0.3) is 0 Å². The van der Waals surface area contributed by atoms with Gasteiger partial charge in [-0.3, -0.25) is 4.68 Å². The van der Waals surface area contributed by atoms with Gasteiger partial charge in [-0.15, -0.1) is 11.3 Å². The molecule has 3 aromatic rings. The van der Waals surface area contributed by atoms with E-state index in [9.17, 15) is 5.11 Å². The number of fused-ring (bicyclic) bond motifs is 3. The van der Waals surface area contributed by atoms with E-state index in [-0.39, 0.29) is 6.61 Å². The van der Waals surface area contributed by atoms with Gasteiger partial charge in [0.05, 0.1) is 23.4 Å². The van der Waals surface area contributed by atoms with Crippen LogP contribution in [0.15, 0.2) is 6.07 Å². The highest BCUT2D eigenvalue weighted by Crippen LogP contribution is 2.39. The van der Waals surface area contributed by atoms with Crippen molar-refractivity contribution in [3.8, 4) is 0 Å². The summed E-state index contributed by atoms with van der Waals surface area (Å²) in [5.74, 6) is 3.38. The molecule has 3 aromatic heterocycles. The minimum Gasteiger partial charge on any atom is -0.394 e. The number of aryl methyl sites for hydroxylation is 2. The molecule has 1 aliphatic heterocycles. The topological polar surface area (TPSA) is 63.0 Å². The van der Waals surface area contributed by atoms with Gasteiger partial charge in [-0.2, -0.15) is 16.9 Å². The molecule has 7 heteroatoms. The Balaban J connectivity index is 1.86. The van der Waals surface area contributed by atoms with Crippen LogP contribution in [0.4, 0.5) is 5.82 Å². The van der Waals surface area contributed by atoms with Gasteiger partial charge in [0.2, 0.25) is 0 Å². The van der Waals surface area contributed by atoms with Crippen LogP contribution in [0, 0.1) is 13.8 Å². The highest BCUT2D eigenvalue weighted by Gasteiger charge is 2.22. The molecule has 5 nitrogen and oxygen atoms in total. The van der Waals surface area contributed by atoms with Crippen LogP contribution in [0.5, 0.6) is 0 Å². The normalized spacial score (nSPS) is 16.3. The summed E-state index contributed by atoms with van der Waals surface area (Å²) in [6.45, 7) is 4.77. The van der Waals surface area contributed by atoms with Crippen LogP contribution in [-0.2, 0) is 6.54 Å². The molecule has 0 spiro atoms. The first-order chi connectivity index (χ1) is 11.7. The number of thiophene rings is 1. The molecular formula is C17H22N4OS2. The first kappa shape index (κ1) is 16.2. The molecule has 0 unspecified atom stereocenters. The quantitative estimate of drug-likeness (QED) is 0.743. The second-order valence-corrected chi connectivity index (χ2v) is 8.59. The number of aliphatic hydroxyl groups is 1. The van der Waals surface area contributed by atoms with E-state index >= 15 is 0 Å². The minimum absolute atomic E-state index is 0.0893. The van der Waals surface area contributed by atoms with Crippen molar-refractivity contribution < 1.29 is 5.11 Å². The monoisotopic (exact) mass is 362 g/mol. The molecule has 0 atom stereocenters. The Hall–Kier alpha value is -1.31. The number of rotatable bonds is 4. The van der Waals surface area contributed by atoms with Gasteiger partial charge >= 0.3 is 0 Å². The van der Waals surface area contributed by atoms with Crippen molar-refractivity contribution in [2.75, 3.05) is 23.4 Å². The fraction of sp³-hybridized carbons (Fsp3) is 0.529. The molecule has 4 rings (SSSR count). The number of nitrogens with zero attached hydrogens (tertiary/aromatic N) is 3. The fourth-order valence-corrected chi connectivity index (χ4v) is 5.78. The molecule has 0 bridgehead atoms. The van der Waals surface area contributed by atoms with Crippen molar-refractivity contribution in [1.29, 1.82) is 0 Å². The first-order valence-electron chi connectivity index (χ1n) is 8.40. The lowest BCUT2D eigenvalue weighted by Crippen LogP contribution is -2.24. The van der Waals surface area contributed by atoms with Gasteiger partial charge in [-0.25, -0.2) is 4.98 Å². The molecule has 0 saturated carbocycles. The molecule has 0 aliphatic carbocycles. The molecule has 1 fully saturated rings. The van der Waals surface area contributed by atoms with Gasteiger partial charge in [-0.05, 0) is 49.8 Å². The van der Waals surface area contributed by atoms with Crippen LogP contribution < -0.4 is 5.32 Å². The summed E-state index contributed by atoms with van der Waals surface area (Å²) in [6.07, 6.45) is 2.36. The summed E-state index contributed by atoms with van der Waals surface area (Å²) >= 11 is 3.74. The van der Waals surface area contributed by atoms with Crippen molar-refractivity contribution in [3.63, 3.8) is 0 Å². The van der Waals surface area contributed by atoms with Gasteiger partial charge in [0.1, 0.15) is 4.83 Å². The highest BCUT2D eigenvalue weighted by atomic mass is 32.2. The van der Waals surface area contributed by atoms with Crippen LogP contribution in [-0.4, -0.2) is 44.0 Å². The summed E-state index contributed by atoms with van der Waals surface area (Å²) in [5, 5.41) is 19.0. The largest absolute Gasteiger partial charge is 0.394 e. The summed E-state index contributed by atoms with van der Waals surface area (Å²) in [6, 6.07) is 2.61. The lowest BCUT2D eigenvalue weighted by molar-refractivity contribution is 0.272. The number of aliphatic hydroxyl groups excluding tert-OH is 1. The highest BCUT2D eigenvalue weighted by molar-refractivity contribution is 7.99. The number of hydrogen-bond donors (Lipinski definition) is 2. The Morgan fingerprint density at radius 3 is 2.88 bits per heavy atom. The van der Waals surface area contributed by atoms with Gasteiger partial charge in [0, 0.05) is 17.1 Å². The fourth-order valence-electron chi connectivity index (χ4n) is 3.43. The Morgan fingerprint density at radius 1 is 1.33 bits per heavy atom. The average Bonchev–Trinajstić information content (AvgIpc) is 3.07. The smallest absolute Gasteiger partial charge is 0.166 e. The predicted molar refractivity (Wildman–Crippen MR) is 103 cm³/mol. The zero-order valence-corrected chi connectivity index (χ0v) is 15.6. The molecule has 1 saturated heterocycles. The van der Waals surface area contributed by atoms with Crippen molar-refractivity contribution in [2.45, 2.75) is 39.3 Å². The molecule has 0 aromatic carbocycles. The number of pyridine rings is 1. The van der Waals surface area contributed by atoms with E-state index in [2.05, 4.69) is 18.3 Å². The Bertz CT molecular complexity index is 880. The molecule has 128 valence electrons. The first-order valence-corrected chi connectivity index (χ1v) is 10.4. The molecular weight excluding hydrogens is 340 g/mol. The van der Waals surface area contributed by atoms with E-state index in [1.807, 2.05) is 23.4 Å². The molecule has 4 heterocycles. The molecule has 1 aliphatic rings. The van der Waals surface area contributed by atoms with E-state index < -0.39 is 0 Å². The average molecular weight is 363 g/mol. The van der Waals surface area contributed by atoms with Crippen molar-refractivity contribution in [2.24, 2.45) is 0 Å². The van der Waals surface area contributed by atoms with Crippen molar-refractivity contribution in [3.05, 3.63) is 17.3 Å². The summed E-state index contributed by atoms with van der Waals surface area (Å²) < 4.78 is 3.11. The third kappa shape index (κ3) is 2.78. The third-order valence-electron chi connectivity index (χ3n) is 4.53. The second-order valence-electron chi connectivity index (χ2n) is 6.37. The lowest BCUT2D eigenvalue weighted by atomic mass is 10.1. The van der Waals surface area contributed by atoms with E-state index in [0.717, 1.165) is 26.6 Å². The SMILES string of the molecule is Cc1cc(C)c2c(n1)sc1c(NC3CCSCC3)nn(CCO)c12. The zero-order chi connectivity index (χ0) is 16.7. The number of hydrogen-bond acceptors (Lipinski definition) is 6. The Labute approximate surface area is 149 Å². The second kappa shape index (κ2) is 6.54. The van der Waals surface area contributed by atoms with Crippen LogP contribution in [0.2, 0.25) is 0 Å². The van der Waals surface area contributed by atoms with E-state index in [4.69, 9.17) is 10.1 Å². The number of aromatic nitrogens is 3. The van der Waals surface area contributed by atoms with E-state index in [1.165, 1.54) is 35.3 Å². The summed E-state index contributed by atoms with van der Waals surface area (Å²) in [7, 11) is 0. The predicted octanol–water partition coefficient (Wildman–Crippen LogP) is 3.56. The molecule has 0 radical (unpaired) electrons. The standard InChI is InChI=1S/C17H22N4OS2/c1-10-9-11(2)18-17-13(10)14-15(24-17)16(20-21(14)5-6-22)19-12-3-7-23-8-4-12/h9,12,22H,3-8H2,1-2H3,(H,19,20). The minimum atomic E-state index is 0.0893. The summed E-state index contributed by atoms with van der Waals surface area (Å²) in [4.78, 5) is 5.78. The van der Waals surface area contributed by atoms with Crippen LogP contribution in [0.25, 0.3) is 20.4 Å². The number of thioether (sulfide) groups is 1. The number of anilines is 1. The van der Waals surface area contributed by atoms with Gasteiger partial charge < -0.3 is 10.4 Å².